The fourth-order valence-electron chi connectivity index (χ4n) is 2.52. The van der Waals surface area contributed by atoms with Crippen LogP contribution in [0, 0.1) is 0 Å². The van der Waals surface area contributed by atoms with Gasteiger partial charge in [-0.3, -0.25) is 4.79 Å². The number of methoxy groups -OCH3 is 1. The maximum absolute atomic E-state index is 12.7. The number of carbonyl (C=O) groups is 1. The maximum atomic E-state index is 12.7. The van der Waals surface area contributed by atoms with E-state index < -0.39 is 10.0 Å². The van der Waals surface area contributed by atoms with E-state index in [2.05, 4.69) is 4.72 Å². The highest BCUT2D eigenvalue weighted by atomic mass is 32.2. The molecule has 0 fully saturated rings. The summed E-state index contributed by atoms with van der Waals surface area (Å²) in [7, 11) is -2.29. The zero-order valence-corrected chi connectivity index (χ0v) is 17.3. The van der Waals surface area contributed by atoms with E-state index in [9.17, 15) is 13.2 Å². The van der Waals surface area contributed by atoms with Crippen molar-refractivity contribution in [1.29, 1.82) is 0 Å². The number of rotatable bonds is 8. The Labute approximate surface area is 166 Å². The van der Waals surface area contributed by atoms with Gasteiger partial charge in [0.1, 0.15) is 10.6 Å². The molecule has 2 heterocycles. The van der Waals surface area contributed by atoms with Gasteiger partial charge in [0, 0.05) is 11.4 Å². The molecule has 0 bridgehead atoms. The highest BCUT2D eigenvalue weighted by Gasteiger charge is 2.20. The SMILES string of the molecule is CCc1ccc(OC)c(S(=O)(=O)NCc2ccc(C(=O)c3cccs3)s2)c1. The number of carbonyl (C=O) groups excluding carboxylic acids is 1. The van der Waals surface area contributed by atoms with Gasteiger partial charge in [0.2, 0.25) is 15.8 Å². The van der Waals surface area contributed by atoms with Crippen molar-refractivity contribution in [3.8, 4) is 5.75 Å². The molecule has 2 aromatic heterocycles. The lowest BCUT2D eigenvalue weighted by Crippen LogP contribution is -2.23. The molecule has 8 heteroatoms. The molecular formula is C19H19NO4S3. The van der Waals surface area contributed by atoms with Crippen molar-refractivity contribution in [1.82, 2.24) is 4.72 Å². The predicted molar refractivity (Wildman–Crippen MR) is 108 cm³/mol. The lowest BCUT2D eigenvalue weighted by atomic mass is 10.2. The summed E-state index contributed by atoms with van der Waals surface area (Å²) in [6.07, 6.45) is 0.728. The summed E-state index contributed by atoms with van der Waals surface area (Å²) in [5, 5.41) is 1.85. The minimum absolute atomic E-state index is 0.0403. The second kappa shape index (κ2) is 8.35. The number of nitrogens with one attached hydrogen (secondary N) is 1. The summed E-state index contributed by atoms with van der Waals surface area (Å²) in [6.45, 7) is 2.08. The third kappa shape index (κ3) is 4.47. The van der Waals surface area contributed by atoms with Crippen LogP contribution in [0.15, 0.2) is 52.7 Å². The molecule has 0 spiro atoms. The molecule has 0 radical (unpaired) electrons. The first kappa shape index (κ1) is 19.8. The molecule has 1 aromatic carbocycles. The van der Waals surface area contributed by atoms with Crippen molar-refractivity contribution in [3.05, 3.63) is 68.0 Å². The molecule has 3 rings (SSSR count). The zero-order valence-electron chi connectivity index (χ0n) is 14.9. The van der Waals surface area contributed by atoms with Gasteiger partial charge in [-0.05, 0) is 47.7 Å². The van der Waals surface area contributed by atoms with Crippen molar-refractivity contribution in [2.75, 3.05) is 7.11 Å². The molecule has 0 amide bonds. The summed E-state index contributed by atoms with van der Waals surface area (Å²) < 4.78 is 33.3. The van der Waals surface area contributed by atoms with Crippen LogP contribution < -0.4 is 9.46 Å². The van der Waals surface area contributed by atoms with Crippen LogP contribution in [0.3, 0.4) is 0 Å². The summed E-state index contributed by atoms with van der Waals surface area (Å²) in [4.78, 5) is 14.5. The van der Waals surface area contributed by atoms with Gasteiger partial charge < -0.3 is 4.74 Å². The molecule has 0 saturated carbocycles. The number of ether oxygens (including phenoxy) is 1. The summed E-state index contributed by atoms with van der Waals surface area (Å²) in [6, 6.07) is 12.3. The van der Waals surface area contributed by atoms with Crippen molar-refractivity contribution in [2.45, 2.75) is 24.8 Å². The summed E-state index contributed by atoms with van der Waals surface area (Å²) in [5.74, 6) is 0.265. The lowest BCUT2D eigenvalue weighted by Gasteiger charge is -2.11. The average Bonchev–Trinajstić information content (AvgIpc) is 3.37. The smallest absolute Gasteiger partial charge is 0.244 e. The van der Waals surface area contributed by atoms with Crippen LogP contribution in [-0.2, 0) is 23.0 Å². The number of hydrogen-bond donors (Lipinski definition) is 1. The Balaban J connectivity index is 1.76. The molecule has 0 atom stereocenters. The highest BCUT2D eigenvalue weighted by Crippen LogP contribution is 2.26. The van der Waals surface area contributed by atoms with Crippen LogP contribution in [0.4, 0.5) is 0 Å². The Bertz CT molecular complexity index is 1040. The molecule has 1 N–H and O–H groups in total. The Morgan fingerprint density at radius 1 is 1.15 bits per heavy atom. The minimum atomic E-state index is -3.74. The van der Waals surface area contributed by atoms with Crippen molar-refractivity contribution in [3.63, 3.8) is 0 Å². The number of aryl methyl sites for hydroxylation is 1. The van der Waals surface area contributed by atoms with Crippen LogP contribution in [0.5, 0.6) is 5.75 Å². The molecular weight excluding hydrogens is 402 g/mol. The number of hydrogen-bond acceptors (Lipinski definition) is 6. The van der Waals surface area contributed by atoms with E-state index in [-0.39, 0.29) is 17.2 Å². The second-order valence-electron chi connectivity index (χ2n) is 5.74. The Hall–Kier alpha value is -2.00. The molecule has 5 nitrogen and oxygen atoms in total. The zero-order chi connectivity index (χ0) is 19.4. The largest absolute Gasteiger partial charge is 0.495 e. The first-order valence-electron chi connectivity index (χ1n) is 8.28. The third-order valence-corrected chi connectivity index (χ3v) is 7.37. The van der Waals surface area contributed by atoms with E-state index >= 15 is 0 Å². The van der Waals surface area contributed by atoms with Crippen LogP contribution in [0.1, 0.15) is 31.9 Å². The van der Waals surface area contributed by atoms with Gasteiger partial charge in [-0.1, -0.05) is 19.1 Å². The Kier molecular flexibility index (Phi) is 6.11. The number of benzene rings is 1. The van der Waals surface area contributed by atoms with Gasteiger partial charge in [0.05, 0.1) is 16.9 Å². The summed E-state index contributed by atoms with van der Waals surface area (Å²) >= 11 is 2.68. The highest BCUT2D eigenvalue weighted by molar-refractivity contribution is 7.89. The monoisotopic (exact) mass is 421 g/mol. The van der Waals surface area contributed by atoms with Gasteiger partial charge in [-0.25, -0.2) is 13.1 Å². The molecule has 0 saturated heterocycles. The summed E-state index contributed by atoms with van der Waals surface area (Å²) in [5.41, 5.74) is 0.913. The Morgan fingerprint density at radius 2 is 1.96 bits per heavy atom. The standard InChI is InChI=1S/C19H19NO4S3/c1-3-13-6-8-15(24-2)18(11-13)27(22,23)20-12-14-7-9-17(26-14)19(21)16-5-4-10-25-16/h4-11,20H,3,12H2,1-2H3. The number of sulfonamides is 1. The van der Waals surface area contributed by atoms with Crippen LogP contribution in [-0.4, -0.2) is 21.3 Å². The molecule has 0 aliphatic rings. The van der Waals surface area contributed by atoms with Gasteiger partial charge in [-0.15, -0.1) is 22.7 Å². The second-order valence-corrected chi connectivity index (χ2v) is 9.59. The first-order chi connectivity index (χ1) is 12.9. The van der Waals surface area contributed by atoms with Crippen LogP contribution in [0.25, 0.3) is 0 Å². The lowest BCUT2D eigenvalue weighted by molar-refractivity contribution is 0.104. The average molecular weight is 422 g/mol. The van der Waals surface area contributed by atoms with E-state index in [0.29, 0.717) is 15.5 Å². The van der Waals surface area contributed by atoms with Gasteiger partial charge >= 0.3 is 0 Å². The molecule has 27 heavy (non-hydrogen) atoms. The minimum Gasteiger partial charge on any atom is -0.495 e. The predicted octanol–water partition coefficient (Wildman–Crippen LogP) is 4.09. The molecule has 0 aliphatic carbocycles. The third-order valence-electron chi connectivity index (χ3n) is 3.99. The van der Waals surface area contributed by atoms with Crippen LogP contribution in [0.2, 0.25) is 0 Å². The quantitative estimate of drug-likeness (QED) is 0.556. The maximum Gasteiger partial charge on any atom is 0.244 e. The molecule has 0 aliphatic heterocycles. The first-order valence-corrected chi connectivity index (χ1v) is 11.5. The number of ketones is 1. The van der Waals surface area contributed by atoms with Crippen molar-refractivity contribution < 1.29 is 17.9 Å². The normalized spacial score (nSPS) is 11.5. The van der Waals surface area contributed by atoms with E-state index in [1.165, 1.54) is 29.8 Å². The van der Waals surface area contributed by atoms with Gasteiger partial charge in [0.25, 0.3) is 0 Å². The molecule has 3 aromatic rings. The topological polar surface area (TPSA) is 72.5 Å². The van der Waals surface area contributed by atoms with E-state index in [1.807, 2.05) is 24.4 Å². The molecule has 142 valence electrons. The van der Waals surface area contributed by atoms with E-state index in [0.717, 1.165) is 16.9 Å². The van der Waals surface area contributed by atoms with Gasteiger partial charge in [-0.2, -0.15) is 0 Å². The van der Waals surface area contributed by atoms with Crippen LogP contribution >= 0.6 is 22.7 Å². The number of thiophene rings is 2. The molecule has 0 unspecified atom stereocenters. The van der Waals surface area contributed by atoms with E-state index in [4.69, 9.17) is 4.74 Å². The fraction of sp³-hybridized carbons (Fsp3) is 0.211. The van der Waals surface area contributed by atoms with Crippen molar-refractivity contribution in [2.24, 2.45) is 0 Å². The van der Waals surface area contributed by atoms with Crippen molar-refractivity contribution >= 4 is 38.5 Å². The van der Waals surface area contributed by atoms with Gasteiger partial charge in [0.15, 0.2) is 0 Å². The van der Waals surface area contributed by atoms with E-state index in [1.54, 1.807) is 30.3 Å². The fourth-order valence-corrected chi connectivity index (χ4v) is 5.48. The Morgan fingerprint density at radius 3 is 2.63 bits per heavy atom.